The quantitative estimate of drug-likeness (QED) is 0.572. The number of azo groups is 1. The molecule has 50 valence electrons. The molecule has 1 heterocycles. The van der Waals surface area contributed by atoms with Crippen LogP contribution in [0.25, 0.3) is 0 Å². The number of hydrogen-bond donors (Lipinski definition) is 1. The molecule has 4 heteroatoms. The highest BCUT2D eigenvalue weighted by Gasteiger charge is 2.08. The Bertz CT molecular complexity index is 149. The normalized spacial score (nSPS) is 24.7. The lowest BCUT2D eigenvalue weighted by atomic mass is 10.5. The molecule has 0 spiro atoms. The standard InChI is InChI=1S/C5H10N4/c1-4-7-5(3-6-2)9-8-4/h5-6H,3H2,1-2H3. The van der Waals surface area contributed by atoms with E-state index in [1.165, 1.54) is 0 Å². The van der Waals surface area contributed by atoms with Crippen molar-refractivity contribution in [1.29, 1.82) is 0 Å². The van der Waals surface area contributed by atoms with Crippen LogP contribution < -0.4 is 5.32 Å². The van der Waals surface area contributed by atoms with Crippen LogP contribution in [0.3, 0.4) is 0 Å². The molecular weight excluding hydrogens is 116 g/mol. The van der Waals surface area contributed by atoms with Crippen molar-refractivity contribution in [3.63, 3.8) is 0 Å². The van der Waals surface area contributed by atoms with Crippen LogP contribution in [0.2, 0.25) is 0 Å². The molecule has 9 heavy (non-hydrogen) atoms. The lowest BCUT2D eigenvalue weighted by Crippen LogP contribution is -2.18. The zero-order chi connectivity index (χ0) is 6.69. The fraction of sp³-hybridized carbons (Fsp3) is 0.800. The van der Waals surface area contributed by atoms with Crippen molar-refractivity contribution in [2.45, 2.75) is 13.1 Å². The summed E-state index contributed by atoms with van der Waals surface area (Å²) < 4.78 is 0. The van der Waals surface area contributed by atoms with Crippen molar-refractivity contribution in [2.24, 2.45) is 15.2 Å². The first-order valence-electron chi connectivity index (χ1n) is 2.93. The smallest absolute Gasteiger partial charge is 0.175 e. The molecule has 0 fully saturated rings. The van der Waals surface area contributed by atoms with Crippen LogP contribution in [-0.2, 0) is 0 Å². The van der Waals surface area contributed by atoms with Crippen molar-refractivity contribution in [3.05, 3.63) is 0 Å². The maximum atomic E-state index is 4.10. The second kappa shape index (κ2) is 2.68. The van der Waals surface area contributed by atoms with E-state index in [0.29, 0.717) is 0 Å². The van der Waals surface area contributed by atoms with E-state index < -0.39 is 0 Å². The average molecular weight is 126 g/mol. The molecule has 1 rings (SSSR count). The van der Waals surface area contributed by atoms with Crippen LogP contribution in [0.4, 0.5) is 0 Å². The summed E-state index contributed by atoms with van der Waals surface area (Å²) in [5.41, 5.74) is 0. The van der Waals surface area contributed by atoms with Gasteiger partial charge in [-0.2, -0.15) is 5.11 Å². The minimum atomic E-state index is 0.0231. The molecule has 1 aliphatic heterocycles. The predicted octanol–water partition coefficient (Wildman–Crippen LogP) is 0.416. The Hall–Kier alpha value is -0.770. The first-order chi connectivity index (χ1) is 4.33. The van der Waals surface area contributed by atoms with Crippen LogP contribution in [0.5, 0.6) is 0 Å². The highest BCUT2D eigenvalue weighted by atomic mass is 15.3. The van der Waals surface area contributed by atoms with Gasteiger partial charge in [-0.3, -0.25) is 0 Å². The number of aliphatic imine (C=N–C) groups is 1. The summed E-state index contributed by atoms with van der Waals surface area (Å²) in [5, 5.41) is 10.6. The first kappa shape index (κ1) is 6.35. The molecule has 0 amide bonds. The number of hydrogen-bond acceptors (Lipinski definition) is 4. The summed E-state index contributed by atoms with van der Waals surface area (Å²) in [6.07, 6.45) is 0.0231. The van der Waals surface area contributed by atoms with Crippen LogP contribution in [0.15, 0.2) is 15.2 Å². The maximum absolute atomic E-state index is 4.10. The average Bonchev–Trinajstić information content (AvgIpc) is 2.17. The molecule has 0 radical (unpaired) electrons. The van der Waals surface area contributed by atoms with E-state index >= 15 is 0 Å². The van der Waals surface area contributed by atoms with E-state index in [1.807, 2.05) is 14.0 Å². The van der Waals surface area contributed by atoms with Gasteiger partial charge in [-0.1, -0.05) is 0 Å². The van der Waals surface area contributed by atoms with Gasteiger partial charge in [0.2, 0.25) is 0 Å². The summed E-state index contributed by atoms with van der Waals surface area (Å²) in [6.45, 7) is 2.62. The molecular formula is C5H10N4. The zero-order valence-corrected chi connectivity index (χ0v) is 5.63. The maximum Gasteiger partial charge on any atom is 0.175 e. The van der Waals surface area contributed by atoms with Crippen LogP contribution in [0.1, 0.15) is 6.92 Å². The highest BCUT2D eigenvalue weighted by Crippen LogP contribution is 2.02. The van der Waals surface area contributed by atoms with Gasteiger partial charge in [0, 0.05) is 6.54 Å². The third-order valence-electron chi connectivity index (χ3n) is 1.06. The Labute approximate surface area is 54.1 Å². The predicted molar refractivity (Wildman–Crippen MR) is 35.7 cm³/mol. The van der Waals surface area contributed by atoms with Crippen molar-refractivity contribution in [3.8, 4) is 0 Å². The van der Waals surface area contributed by atoms with Gasteiger partial charge in [0.25, 0.3) is 0 Å². The summed E-state index contributed by atoms with van der Waals surface area (Å²) in [6, 6.07) is 0. The molecule has 1 N–H and O–H groups in total. The van der Waals surface area contributed by atoms with Gasteiger partial charge in [-0.05, 0) is 14.0 Å². The van der Waals surface area contributed by atoms with Gasteiger partial charge < -0.3 is 5.32 Å². The van der Waals surface area contributed by atoms with Gasteiger partial charge >= 0.3 is 0 Å². The Kier molecular flexibility index (Phi) is 1.89. The monoisotopic (exact) mass is 126 g/mol. The fourth-order valence-corrected chi connectivity index (χ4v) is 0.687. The third-order valence-corrected chi connectivity index (χ3v) is 1.06. The SMILES string of the molecule is CNCC1N=NC(C)=N1. The van der Waals surface area contributed by atoms with Crippen molar-refractivity contribution in [2.75, 3.05) is 13.6 Å². The molecule has 0 saturated carbocycles. The lowest BCUT2D eigenvalue weighted by molar-refractivity contribution is 0.643. The number of likely N-dealkylation sites (N-methyl/N-ethyl adjacent to an activating group) is 1. The molecule has 0 saturated heterocycles. The van der Waals surface area contributed by atoms with Gasteiger partial charge in [0.15, 0.2) is 6.17 Å². The van der Waals surface area contributed by atoms with Gasteiger partial charge in [0.1, 0.15) is 5.84 Å². The number of rotatable bonds is 2. The second-order valence-electron chi connectivity index (χ2n) is 1.93. The van der Waals surface area contributed by atoms with Crippen LogP contribution in [0, 0.1) is 0 Å². The summed E-state index contributed by atoms with van der Waals surface area (Å²) in [5.74, 6) is 0.773. The van der Waals surface area contributed by atoms with Gasteiger partial charge in [-0.15, -0.1) is 5.11 Å². The number of nitrogens with zero attached hydrogens (tertiary/aromatic N) is 3. The molecule has 1 aliphatic rings. The largest absolute Gasteiger partial charge is 0.316 e. The van der Waals surface area contributed by atoms with Crippen molar-refractivity contribution in [1.82, 2.24) is 5.32 Å². The molecule has 0 aromatic heterocycles. The summed E-state index contributed by atoms with van der Waals surface area (Å²) in [7, 11) is 1.87. The lowest BCUT2D eigenvalue weighted by Gasteiger charge is -1.97. The van der Waals surface area contributed by atoms with E-state index in [-0.39, 0.29) is 6.17 Å². The number of nitrogens with one attached hydrogen (secondary N) is 1. The first-order valence-corrected chi connectivity index (χ1v) is 2.93. The second-order valence-corrected chi connectivity index (χ2v) is 1.93. The van der Waals surface area contributed by atoms with Gasteiger partial charge in [0.05, 0.1) is 0 Å². The van der Waals surface area contributed by atoms with E-state index in [0.717, 1.165) is 12.4 Å². The molecule has 4 nitrogen and oxygen atoms in total. The molecule has 0 bridgehead atoms. The van der Waals surface area contributed by atoms with E-state index in [4.69, 9.17) is 0 Å². The topological polar surface area (TPSA) is 49.1 Å². The molecule has 1 atom stereocenters. The van der Waals surface area contributed by atoms with Gasteiger partial charge in [-0.25, -0.2) is 4.99 Å². The summed E-state index contributed by atoms with van der Waals surface area (Å²) >= 11 is 0. The van der Waals surface area contributed by atoms with E-state index in [1.54, 1.807) is 0 Å². The highest BCUT2D eigenvalue weighted by molar-refractivity contribution is 5.80. The fourth-order valence-electron chi connectivity index (χ4n) is 0.687. The Morgan fingerprint density at radius 1 is 1.67 bits per heavy atom. The minimum Gasteiger partial charge on any atom is -0.316 e. The Balaban J connectivity index is 2.40. The van der Waals surface area contributed by atoms with Crippen molar-refractivity contribution < 1.29 is 0 Å². The summed E-state index contributed by atoms with van der Waals surface area (Å²) in [4.78, 5) is 4.10. The minimum absolute atomic E-state index is 0.0231. The van der Waals surface area contributed by atoms with Crippen LogP contribution in [-0.4, -0.2) is 25.6 Å². The van der Waals surface area contributed by atoms with Crippen LogP contribution >= 0.6 is 0 Å². The molecule has 0 aromatic carbocycles. The number of amidine groups is 1. The zero-order valence-electron chi connectivity index (χ0n) is 5.63. The molecule has 1 unspecified atom stereocenters. The van der Waals surface area contributed by atoms with E-state index in [9.17, 15) is 0 Å². The Morgan fingerprint density at radius 3 is 2.89 bits per heavy atom. The molecule has 0 aromatic rings. The van der Waals surface area contributed by atoms with Crippen molar-refractivity contribution >= 4 is 5.84 Å². The van der Waals surface area contributed by atoms with E-state index in [2.05, 4.69) is 20.5 Å². The third kappa shape index (κ3) is 1.57. The molecule has 0 aliphatic carbocycles. The Morgan fingerprint density at radius 2 is 2.44 bits per heavy atom.